The van der Waals surface area contributed by atoms with E-state index >= 15 is 0 Å². The molecular weight excluding hydrogens is 404 g/mol. The number of carboxylic acid groups (broad SMARTS) is 1. The molecule has 3 rings (SSSR count). The van der Waals surface area contributed by atoms with Crippen LogP contribution in [0.25, 0.3) is 0 Å². The summed E-state index contributed by atoms with van der Waals surface area (Å²) in [7, 11) is 0. The lowest BCUT2D eigenvalue weighted by molar-refractivity contribution is -0.149. The van der Waals surface area contributed by atoms with E-state index in [1.165, 1.54) is 4.90 Å². The Morgan fingerprint density at radius 2 is 2.10 bits per heavy atom. The fourth-order valence-electron chi connectivity index (χ4n) is 4.29. The number of likely N-dealkylation sites (tertiary alicyclic amines) is 1. The molecule has 1 spiro atoms. The minimum absolute atomic E-state index is 0.0781. The number of rotatable bonds is 9. The molecule has 7 nitrogen and oxygen atoms in total. The van der Waals surface area contributed by atoms with Crippen molar-refractivity contribution in [3.8, 4) is 0 Å². The molecule has 1 aromatic rings. The number of esters is 1. The quantitative estimate of drug-likeness (QED) is 0.574. The number of carbonyl (C=O) groups excluding carboxylic acids is 2. The van der Waals surface area contributed by atoms with E-state index in [0.717, 1.165) is 23.5 Å². The van der Waals surface area contributed by atoms with Gasteiger partial charge in [0.2, 0.25) is 5.91 Å². The van der Waals surface area contributed by atoms with E-state index in [0.29, 0.717) is 25.8 Å². The predicted octanol–water partition coefficient (Wildman–Crippen LogP) is 1.95. The molecule has 3 atom stereocenters. The highest BCUT2D eigenvalue weighted by atomic mass is 32.2. The van der Waals surface area contributed by atoms with Crippen molar-refractivity contribution in [1.82, 2.24) is 10.2 Å². The molecule has 0 radical (unpaired) electrons. The maximum absolute atomic E-state index is 12.9. The second kappa shape index (κ2) is 10.3. The zero-order valence-electron chi connectivity index (χ0n) is 17.3. The van der Waals surface area contributed by atoms with Gasteiger partial charge in [-0.1, -0.05) is 30.3 Å². The number of amides is 1. The maximum atomic E-state index is 12.9. The molecule has 0 aromatic heterocycles. The summed E-state index contributed by atoms with van der Waals surface area (Å²) in [5.41, 5.74) is 1.02. The molecule has 2 N–H and O–H groups in total. The third-order valence-electron chi connectivity index (χ3n) is 5.93. The molecule has 0 bridgehead atoms. The molecular formula is C22H30N2O5S. The number of thioether (sulfide) groups is 1. The van der Waals surface area contributed by atoms with Gasteiger partial charge in [0.15, 0.2) is 0 Å². The lowest BCUT2D eigenvalue weighted by atomic mass is 9.85. The molecule has 2 fully saturated rings. The van der Waals surface area contributed by atoms with Crippen molar-refractivity contribution in [2.45, 2.75) is 44.7 Å². The van der Waals surface area contributed by atoms with Crippen molar-refractivity contribution in [2.24, 2.45) is 5.41 Å². The summed E-state index contributed by atoms with van der Waals surface area (Å²) in [6.07, 6.45) is 2.63. The number of aliphatic carboxylic acids is 1. The van der Waals surface area contributed by atoms with Gasteiger partial charge >= 0.3 is 11.9 Å². The van der Waals surface area contributed by atoms with Crippen LogP contribution in [-0.4, -0.2) is 71.1 Å². The molecule has 2 saturated heterocycles. The molecule has 2 aliphatic heterocycles. The summed E-state index contributed by atoms with van der Waals surface area (Å²) in [6, 6.07) is 8.42. The molecule has 1 aromatic carbocycles. The zero-order valence-corrected chi connectivity index (χ0v) is 18.2. The van der Waals surface area contributed by atoms with Crippen LogP contribution in [0.2, 0.25) is 0 Å². The number of nitrogens with one attached hydrogen (secondary N) is 1. The van der Waals surface area contributed by atoms with E-state index in [1.54, 1.807) is 6.92 Å². The van der Waals surface area contributed by atoms with Gasteiger partial charge in [-0.05, 0) is 43.9 Å². The standard InChI is InChI=1S/C22H30N2O5S/c1-2-29-21(28)17(9-8-16-6-4-3-5-7-16)23-13-19(25)24-14-22(10-11-30-15-22)12-18(24)20(26)27/h3-7,17-18,23H,2,8-15H2,1H3,(H,26,27). The number of nitrogens with zero attached hydrogens (tertiary/aromatic N) is 1. The predicted molar refractivity (Wildman–Crippen MR) is 115 cm³/mol. The van der Waals surface area contributed by atoms with E-state index in [4.69, 9.17) is 4.74 Å². The number of ether oxygens (including phenoxy) is 1. The fourth-order valence-corrected chi connectivity index (χ4v) is 5.80. The van der Waals surface area contributed by atoms with Crippen LogP contribution in [0.4, 0.5) is 0 Å². The van der Waals surface area contributed by atoms with Crippen molar-refractivity contribution in [2.75, 3.05) is 31.2 Å². The summed E-state index contributed by atoms with van der Waals surface area (Å²) in [5.74, 6) is 0.294. The average Bonchev–Trinajstić information content (AvgIpc) is 3.36. The van der Waals surface area contributed by atoms with Crippen LogP contribution < -0.4 is 5.32 Å². The first kappa shape index (κ1) is 22.6. The Balaban J connectivity index is 1.61. The summed E-state index contributed by atoms with van der Waals surface area (Å²) < 4.78 is 5.16. The van der Waals surface area contributed by atoms with Crippen LogP contribution in [0.1, 0.15) is 31.7 Å². The smallest absolute Gasteiger partial charge is 0.326 e. The highest BCUT2D eigenvalue weighted by Gasteiger charge is 2.50. The number of carbonyl (C=O) groups is 3. The Morgan fingerprint density at radius 3 is 2.73 bits per heavy atom. The van der Waals surface area contributed by atoms with Gasteiger partial charge in [0, 0.05) is 17.7 Å². The van der Waals surface area contributed by atoms with Gasteiger partial charge in [-0.3, -0.25) is 14.9 Å². The van der Waals surface area contributed by atoms with Crippen molar-refractivity contribution >= 4 is 29.6 Å². The minimum Gasteiger partial charge on any atom is -0.480 e. The molecule has 8 heteroatoms. The number of hydrogen-bond donors (Lipinski definition) is 2. The van der Waals surface area contributed by atoms with Crippen LogP contribution >= 0.6 is 11.8 Å². The van der Waals surface area contributed by atoms with Crippen molar-refractivity contribution in [3.05, 3.63) is 35.9 Å². The Kier molecular flexibility index (Phi) is 7.77. The first-order valence-electron chi connectivity index (χ1n) is 10.5. The molecule has 2 aliphatic rings. The van der Waals surface area contributed by atoms with Crippen LogP contribution in [0, 0.1) is 5.41 Å². The number of benzene rings is 1. The first-order valence-corrected chi connectivity index (χ1v) is 11.6. The van der Waals surface area contributed by atoms with Crippen molar-refractivity contribution in [1.29, 1.82) is 0 Å². The average molecular weight is 435 g/mol. The SMILES string of the molecule is CCOC(=O)C(CCc1ccccc1)NCC(=O)N1CC2(CCSC2)CC1C(=O)O. The molecule has 2 heterocycles. The normalized spacial score (nSPS) is 24.2. The van der Waals surface area contributed by atoms with E-state index < -0.39 is 18.1 Å². The minimum atomic E-state index is -0.955. The lowest BCUT2D eigenvalue weighted by Crippen LogP contribution is -2.48. The van der Waals surface area contributed by atoms with Gasteiger partial charge in [-0.15, -0.1) is 0 Å². The Morgan fingerprint density at radius 1 is 1.33 bits per heavy atom. The van der Waals surface area contributed by atoms with Gasteiger partial charge in [-0.25, -0.2) is 4.79 Å². The molecule has 3 unspecified atom stereocenters. The summed E-state index contributed by atoms with van der Waals surface area (Å²) in [5, 5.41) is 12.7. The topological polar surface area (TPSA) is 95.9 Å². The Labute approximate surface area is 181 Å². The zero-order chi connectivity index (χ0) is 21.6. The van der Waals surface area contributed by atoms with E-state index in [9.17, 15) is 19.5 Å². The van der Waals surface area contributed by atoms with Crippen LogP contribution in [0.5, 0.6) is 0 Å². The van der Waals surface area contributed by atoms with Gasteiger partial charge in [0.25, 0.3) is 0 Å². The molecule has 0 aliphatic carbocycles. The third-order valence-corrected chi connectivity index (χ3v) is 7.24. The summed E-state index contributed by atoms with van der Waals surface area (Å²) in [4.78, 5) is 38.5. The summed E-state index contributed by atoms with van der Waals surface area (Å²) >= 11 is 1.82. The second-order valence-electron chi connectivity index (χ2n) is 8.09. The van der Waals surface area contributed by atoms with Crippen LogP contribution in [-0.2, 0) is 25.5 Å². The van der Waals surface area contributed by atoms with E-state index in [1.807, 2.05) is 42.1 Å². The molecule has 0 saturated carbocycles. The highest BCUT2D eigenvalue weighted by molar-refractivity contribution is 7.99. The van der Waals surface area contributed by atoms with Gasteiger partial charge in [-0.2, -0.15) is 11.8 Å². The Hall–Kier alpha value is -2.06. The fraction of sp³-hybridized carbons (Fsp3) is 0.591. The van der Waals surface area contributed by atoms with Gasteiger partial charge in [0.1, 0.15) is 12.1 Å². The largest absolute Gasteiger partial charge is 0.480 e. The third kappa shape index (κ3) is 5.55. The number of hydrogen-bond acceptors (Lipinski definition) is 6. The second-order valence-corrected chi connectivity index (χ2v) is 9.20. The van der Waals surface area contributed by atoms with Crippen LogP contribution in [0.15, 0.2) is 30.3 Å². The highest BCUT2D eigenvalue weighted by Crippen LogP contribution is 2.45. The van der Waals surface area contributed by atoms with Crippen LogP contribution in [0.3, 0.4) is 0 Å². The van der Waals surface area contributed by atoms with Gasteiger partial charge in [0.05, 0.1) is 13.2 Å². The molecule has 164 valence electrons. The number of aryl methyl sites for hydroxylation is 1. The Bertz CT molecular complexity index is 751. The van der Waals surface area contributed by atoms with E-state index in [2.05, 4.69) is 5.32 Å². The van der Waals surface area contributed by atoms with Crippen molar-refractivity contribution < 1.29 is 24.2 Å². The van der Waals surface area contributed by atoms with E-state index in [-0.39, 0.29) is 30.4 Å². The maximum Gasteiger partial charge on any atom is 0.326 e. The van der Waals surface area contributed by atoms with Crippen molar-refractivity contribution in [3.63, 3.8) is 0 Å². The molecule has 1 amide bonds. The first-order chi connectivity index (χ1) is 14.4. The van der Waals surface area contributed by atoms with Gasteiger partial charge < -0.3 is 14.7 Å². The monoisotopic (exact) mass is 434 g/mol. The lowest BCUT2D eigenvalue weighted by Gasteiger charge is -2.25. The summed E-state index contributed by atoms with van der Waals surface area (Å²) in [6.45, 7) is 2.42. The molecule has 30 heavy (non-hydrogen) atoms. The number of carboxylic acids is 1.